The summed E-state index contributed by atoms with van der Waals surface area (Å²) in [6, 6.07) is 11.3. The molecule has 1 aliphatic carbocycles. The molecule has 0 atom stereocenters. The van der Waals surface area contributed by atoms with Crippen molar-refractivity contribution in [2.24, 2.45) is 0 Å². The lowest BCUT2D eigenvalue weighted by atomic mass is 10.2. The summed E-state index contributed by atoms with van der Waals surface area (Å²) >= 11 is 9.43. The second kappa shape index (κ2) is 7.40. The zero-order valence-electron chi connectivity index (χ0n) is 14.0. The minimum atomic E-state index is -0.405. The van der Waals surface area contributed by atoms with Crippen molar-refractivity contribution in [1.82, 2.24) is 15.1 Å². The molecule has 0 aliphatic heterocycles. The number of carbonyl (C=O) groups is 1. The quantitative estimate of drug-likeness (QED) is 0.543. The zero-order valence-corrected chi connectivity index (χ0v) is 16.4. The van der Waals surface area contributed by atoms with Crippen LogP contribution in [0.25, 0.3) is 11.5 Å². The molecule has 0 spiro atoms. The molecule has 138 valence electrons. The van der Waals surface area contributed by atoms with Gasteiger partial charge in [-0.15, -0.1) is 10.2 Å². The molecule has 1 fully saturated rings. The molecule has 0 unspecified atom stereocenters. The minimum Gasteiger partial charge on any atom is -0.419 e. The first-order valence-corrected chi connectivity index (χ1v) is 9.53. The Morgan fingerprint density at radius 1 is 1.26 bits per heavy atom. The Morgan fingerprint density at radius 2 is 2.04 bits per heavy atom. The second-order valence-corrected chi connectivity index (χ2v) is 7.53. The lowest BCUT2D eigenvalue weighted by Crippen LogP contribution is -2.33. The van der Waals surface area contributed by atoms with Crippen LogP contribution in [0, 0.1) is 5.82 Å². The van der Waals surface area contributed by atoms with E-state index in [2.05, 4.69) is 26.1 Å². The summed E-state index contributed by atoms with van der Waals surface area (Å²) in [5.74, 6) is 0.0183. The third-order valence-corrected chi connectivity index (χ3v) is 5.27. The van der Waals surface area contributed by atoms with E-state index in [1.807, 2.05) is 12.1 Å². The van der Waals surface area contributed by atoms with Crippen molar-refractivity contribution in [1.29, 1.82) is 0 Å². The Balaban J connectivity index is 1.58. The van der Waals surface area contributed by atoms with Crippen LogP contribution < -0.4 is 0 Å². The number of nitrogens with zero attached hydrogens (tertiary/aromatic N) is 3. The summed E-state index contributed by atoms with van der Waals surface area (Å²) in [6.45, 7) is 0.185. The van der Waals surface area contributed by atoms with Crippen molar-refractivity contribution >= 4 is 33.4 Å². The Kier molecular flexibility index (Phi) is 4.97. The Bertz CT molecular complexity index is 1010. The van der Waals surface area contributed by atoms with E-state index >= 15 is 0 Å². The molecule has 1 aromatic heterocycles. The third-order valence-electron chi connectivity index (χ3n) is 4.29. The van der Waals surface area contributed by atoms with Crippen LogP contribution in [-0.2, 0) is 6.54 Å². The van der Waals surface area contributed by atoms with Gasteiger partial charge in [0.05, 0.1) is 22.7 Å². The monoisotopic (exact) mass is 449 g/mol. The first kappa shape index (κ1) is 18.1. The fourth-order valence-electron chi connectivity index (χ4n) is 2.78. The highest BCUT2D eigenvalue weighted by molar-refractivity contribution is 9.10. The minimum absolute atomic E-state index is 0.116. The highest BCUT2D eigenvalue weighted by atomic mass is 79.9. The largest absolute Gasteiger partial charge is 0.419 e. The maximum atomic E-state index is 13.3. The highest BCUT2D eigenvalue weighted by Gasteiger charge is 2.35. The molecule has 1 aliphatic rings. The van der Waals surface area contributed by atoms with Crippen LogP contribution in [0.1, 0.15) is 29.1 Å². The van der Waals surface area contributed by atoms with E-state index in [9.17, 15) is 9.18 Å². The summed E-state index contributed by atoms with van der Waals surface area (Å²) in [5, 5.41) is 8.61. The maximum absolute atomic E-state index is 13.3. The number of hydrogen-bond donors (Lipinski definition) is 0. The Labute approximate surface area is 168 Å². The van der Waals surface area contributed by atoms with Crippen LogP contribution in [-0.4, -0.2) is 27.0 Å². The number of carbonyl (C=O) groups excluding carboxylic acids is 1. The molecule has 4 rings (SSSR count). The van der Waals surface area contributed by atoms with Gasteiger partial charge in [-0.1, -0.05) is 23.7 Å². The average molecular weight is 451 g/mol. The van der Waals surface area contributed by atoms with Crippen molar-refractivity contribution in [3.05, 3.63) is 69.2 Å². The number of amides is 1. The van der Waals surface area contributed by atoms with E-state index in [1.165, 1.54) is 18.2 Å². The number of benzene rings is 2. The fraction of sp³-hybridized carbons (Fsp3) is 0.211. The van der Waals surface area contributed by atoms with Gasteiger partial charge < -0.3 is 9.32 Å². The van der Waals surface area contributed by atoms with Crippen LogP contribution in [0.2, 0.25) is 5.02 Å². The molecule has 0 bridgehead atoms. The standard InChI is InChI=1S/C19H14BrClFN3O2/c20-15-9-11(22)5-8-13(15)19(26)25(12-6-7-12)10-17-23-24-18(27-17)14-3-1-2-4-16(14)21/h1-5,8-9,12H,6-7,10H2. The number of rotatable bonds is 5. The molecule has 3 aromatic rings. The van der Waals surface area contributed by atoms with E-state index in [0.29, 0.717) is 32.4 Å². The molecule has 0 radical (unpaired) electrons. The molecule has 5 nitrogen and oxygen atoms in total. The Hall–Kier alpha value is -2.25. The van der Waals surface area contributed by atoms with E-state index in [4.69, 9.17) is 16.0 Å². The van der Waals surface area contributed by atoms with Crippen LogP contribution >= 0.6 is 27.5 Å². The summed E-state index contributed by atoms with van der Waals surface area (Å²) in [4.78, 5) is 14.6. The summed E-state index contributed by atoms with van der Waals surface area (Å²) in [5.41, 5.74) is 1.04. The normalized spacial score (nSPS) is 13.6. The van der Waals surface area contributed by atoms with E-state index < -0.39 is 5.82 Å². The summed E-state index contributed by atoms with van der Waals surface area (Å²) < 4.78 is 19.5. The number of aromatic nitrogens is 2. The number of hydrogen-bond acceptors (Lipinski definition) is 4. The highest BCUT2D eigenvalue weighted by Crippen LogP contribution is 2.32. The van der Waals surface area contributed by atoms with Crippen molar-refractivity contribution in [3.63, 3.8) is 0 Å². The van der Waals surface area contributed by atoms with E-state index in [-0.39, 0.29) is 18.5 Å². The fourth-order valence-corrected chi connectivity index (χ4v) is 3.51. The van der Waals surface area contributed by atoms with E-state index in [1.54, 1.807) is 17.0 Å². The van der Waals surface area contributed by atoms with Gasteiger partial charge in [0.15, 0.2) is 0 Å². The smallest absolute Gasteiger partial charge is 0.255 e. The maximum Gasteiger partial charge on any atom is 0.255 e. The van der Waals surface area contributed by atoms with Crippen LogP contribution in [0.5, 0.6) is 0 Å². The molecular weight excluding hydrogens is 437 g/mol. The molecule has 27 heavy (non-hydrogen) atoms. The van der Waals surface area contributed by atoms with E-state index in [0.717, 1.165) is 12.8 Å². The lowest BCUT2D eigenvalue weighted by molar-refractivity contribution is 0.0713. The van der Waals surface area contributed by atoms with Crippen molar-refractivity contribution < 1.29 is 13.6 Å². The molecule has 0 N–H and O–H groups in total. The first-order chi connectivity index (χ1) is 13.0. The third kappa shape index (κ3) is 3.89. The predicted octanol–water partition coefficient (Wildman–Crippen LogP) is 5.10. The SMILES string of the molecule is O=C(c1ccc(F)cc1Br)N(Cc1nnc(-c2ccccc2Cl)o1)C1CC1. The van der Waals surface area contributed by atoms with Crippen molar-refractivity contribution in [2.75, 3.05) is 0 Å². The van der Waals surface area contributed by atoms with Gasteiger partial charge >= 0.3 is 0 Å². The molecule has 2 aromatic carbocycles. The number of halogens is 3. The van der Waals surface area contributed by atoms with Gasteiger partial charge in [-0.05, 0) is 59.1 Å². The van der Waals surface area contributed by atoms with Gasteiger partial charge in [0.25, 0.3) is 5.91 Å². The molecule has 0 saturated heterocycles. The molecule has 1 heterocycles. The molecule has 8 heteroatoms. The van der Waals surface area contributed by atoms with Gasteiger partial charge in [-0.3, -0.25) is 4.79 Å². The van der Waals surface area contributed by atoms with Crippen molar-refractivity contribution in [3.8, 4) is 11.5 Å². The lowest BCUT2D eigenvalue weighted by Gasteiger charge is -2.21. The van der Waals surface area contributed by atoms with Gasteiger partial charge in [0.2, 0.25) is 11.8 Å². The summed E-state index contributed by atoms with van der Waals surface area (Å²) in [7, 11) is 0. The second-order valence-electron chi connectivity index (χ2n) is 6.27. The first-order valence-electron chi connectivity index (χ1n) is 8.36. The zero-order chi connectivity index (χ0) is 19.0. The predicted molar refractivity (Wildman–Crippen MR) is 102 cm³/mol. The Morgan fingerprint density at radius 3 is 2.74 bits per heavy atom. The van der Waals surface area contributed by atoms with Gasteiger partial charge in [0, 0.05) is 10.5 Å². The van der Waals surface area contributed by atoms with Crippen LogP contribution in [0.4, 0.5) is 4.39 Å². The van der Waals surface area contributed by atoms with Gasteiger partial charge in [-0.25, -0.2) is 4.39 Å². The average Bonchev–Trinajstić information content (AvgIpc) is 3.38. The topological polar surface area (TPSA) is 59.2 Å². The van der Waals surface area contributed by atoms with Crippen LogP contribution in [0.3, 0.4) is 0 Å². The van der Waals surface area contributed by atoms with Crippen molar-refractivity contribution in [2.45, 2.75) is 25.4 Å². The summed E-state index contributed by atoms with van der Waals surface area (Å²) in [6.07, 6.45) is 1.83. The van der Waals surface area contributed by atoms with Crippen LogP contribution in [0.15, 0.2) is 51.4 Å². The molecule has 1 amide bonds. The molecular formula is C19H14BrClFN3O2. The van der Waals surface area contributed by atoms with Gasteiger partial charge in [0.1, 0.15) is 5.82 Å². The molecule has 1 saturated carbocycles. The van der Waals surface area contributed by atoms with Gasteiger partial charge in [-0.2, -0.15) is 0 Å².